The highest BCUT2D eigenvalue weighted by atomic mass is 16.5. The third-order valence-electron chi connectivity index (χ3n) is 6.87. The number of esters is 1. The number of hydrogen-bond donors (Lipinski definition) is 1. The van der Waals surface area contributed by atoms with Crippen molar-refractivity contribution in [2.45, 2.75) is 79.3 Å². The molecule has 0 aliphatic carbocycles. The Bertz CT molecular complexity index is 1150. The SMILES string of the molecule is CCCCCC(C)N(Cc1ccc(CC(C)(C)C)cc1)/C(Nc1ccc(OC)cc1OC)=C1\C(=O)COC1=O. The number of rotatable bonds is 13. The molecule has 7 nitrogen and oxygen atoms in total. The van der Waals surface area contributed by atoms with Gasteiger partial charge in [-0.2, -0.15) is 0 Å². The van der Waals surface area contributed by atoms with Gasteiger partial charge in [0.25, 0.3) is 0 Å². The van der Waals surface area contributed by atoms with Crippen LogP contribution in [0.1, 0.15) is 71.4 Å². The van der Waals surface area contributed by atoms with Crippen molar-refractivity contribution in [2.24, 2.45) is 5.41 Å². The molecule has 1 N–H and O–H groups in total. The number of hydrogen-bond acceptors (Lipinski definition) is 7. The van der Waals surface area contributed by atoms with Crippen molar-refractivity contribution >= 4 is 17.4 Å². The summed E-state index contributed by atoms with van der Waals surface area (Å²) in [5, 5.41) is 3.39. The van der Waals surface area contributed by atoms with Crippen molar-refractivity contribution in [1.29, 1.82) is 0 Å². The van der Waals surface area contributed by atoms with Crippen LogP contribution in [-0.2, 0) is 27.3 Å². The van der Waals surface area contributed by atoms with Gasteiger partial charge in [0.1, 0.15) is 22.9 Å². The summed E-state index contributed by atoms with van der Waals surface area (Å²) in [6, 6.07) is 14.1. The van der Waals surface area contributed by atoms with Crippen LogP contribution in [0.15, 0.2) is 53.9 Å². The Labute approximate surface area is 233 Å². The molecule has 0 aromatic heterocycles. The number of ketones is 1. The van der Waals surface area contributed by atoms with E-state index in [4.69, 9.17) is 14.2 Å². The van der Waals surface area contributed by atoms with Crippen molar-refractivity contribution < 1.29 is 23.8 Å². The minimum atomic E-state index is -0.610. The predicted octanol–water partition coefficient (Wildman–Crippen LogP) is 6.51. The van der Waals surface area contributed by atoms with Crippen molar-refractivity contribution in [3.8, 4) is 11.5 Å². The Balaban J connectivity index is 2.06. The third-order valence-corrected chi connectivity index (χ3v) is 6.87. The number of carbonyl (C=O) groups is 2. The quantitative estimate of drug-likeness (QED) is 0.135. The van der Waals surface area contributed by atoms with Crippen molar-refractivity contribution in [3.05, 3.63) is 65.0 Å². The van der Waals surface area contributed by atoms with Crippen LogP contribution in [0.5, 0.6) is 11.5 Å². The molecule has 0 bridgehead atoms. The number of Topliss-reactive ketones (excluding diaryl/α,β-unsaturated/α-hetero) is 1. The first-order valence-electron chi connectivity index (χ1n) is 13.8. The number of ether oxygens (including phenoxy) is 3. The van der Waals surface area contributed by atoms with Gasteiger partial charge in [-0.15, -0.1) is 0 Å². The van der Waals surface area contributed by atoms with Crippen molar-refractivity contribution in [3.63, 3.8) is 0 Å². The van der Waals surface area contributed by atoms with Crippen LogP contribution in [0.2, 0.25) is 0 Å². The Kier molecular flexibility index (Phi) is 10.4. The number of unbranched alkanes of at least 4 members (excludes halogenated alkanes) is 2. The monoisotopic (exact) mass is 536 g/mol. The summed E-state index contributed by atoms with van der Waals surface area (Å²) in [6.45, 7) is 11.3. The molecular weight excluding hydrogens is 492 g/mol. The van der Waals surface area contributed by atoms with Gasteiger partial charge in [0, 0.05) is 18.7 Å². The molecule has 7 heteroatoms. The van der Waals surface area contributed by atoms with Crippen LogP contribution in [0.3, 0.4) is 0 Å². The van der Waals surface area contributed by atoms with Crippen LogP contribution >= 0.6 is 0 Å². The van der Waals surface area contributed by atoms with E-state index >= 15 is 0 Å². The molecule has 1 aliphatic rings. The van der Waals surface area contributed by atoms with Gasteiger partial charge < -0.3 is 24.4 Å². The Morgan fingerprint density at radius 2 is 1.72 bits per heavy atom. The lowest BCUT2D eigenvalue weighted by Crippen LogP contribution is -2.37. The van der Waals surface area contributed by atoms with E-state index < -0.39 is 5.97 Å². The van der Waals surface area contributed by atoms with Crippen LogP contribution in [0, 0.1) is 5.41 Å². The average Bonchev–Trinajstić information content (AvgIpc) is 3.23. The van der Waals surface area contributed by atoms with E-state index in [0.717, 1.165) is 37.7 Å². The van der Waals surface area contributed by atoms with Gasteiger partial charge in [0.05, 0.1) is 19.9 Å². The molecule has 0 spiro atoms. The van der Waals surface area contributed by atoms with Crippen molar-refractivity contribution in [1.82, 2.24) is 4.90 Å². The number of benzene rings is 2. The Hall–Kier alpha value is -3.48. The zero-order valence-corrected chi connectivity index (χ0v) is 24.6. The molecule has 0 radical (unpaired) electrons. The maximum absolute atomic E-state index is 13.0. The summed E-state index contributed by atoms with van der Waals surface area (Å²) in [5.41, 5.74) is 3.24. The summed E-state index contributed by atoms with van der Waals surface area (Å²) >= 11 is 0. The van der Waals surface area contributed by atoms with E-state index in [9.17, 15) is 9.59 Å². The minimum Gasteiger partial charge on any atom is -0.497 e. The number of nitrogens with zero attached hydrogens (tertiary/aromatic N) is 1. The summed E-state index contributed by atoms with van der Waals surface area (Å²) < 4.78 is 16.1. The topological polar surface area (TPSA) is 77.1 Å². The molecule has 1 aliphatic heterocycles. The summed E-state index contributed by atoms with van der Waals surface area (Å²) in [7, 11) is 3.17. The van der Waals surface area contributed by atoms with Gasteiger partial charge in [-0.1, -0.05) is 71.2 Å². The zero-order chi connectivity index (χ0) is 28.6. The van der Waals surface area contributed by atoms with Crippen LogP contribution < -0.4 is 14.8 Å². The number of anilines is 1. The first kappa shape index (κ1) is 30.1. The summed E-state index contributed by atoms with van der Waals surface area (Å²) in [4.78, 5) is 28.0. The lowest BCUT2D eigenvalue weighted by Gasteiger charge is -2.35. The fraction of sp³-hybridized carbons (Fsp3) is 0.500. The predicted molar refractivity (Wildman–Crippen MR) is 155 cm³/mol. The molecule has 1 fully saturated rings. The lowest BCUT2D eigenvalue weighted by molar-refractivity contribution is -0.135. The number of cyclic esters (lactones) is 1. The van der Waals surface area contributed by atoms with Gasteiger partial charge in [0.2, 0.25) is 5.78 Å². The molecule has 212 valence electrons. The highest BCUT2D eigenvalue weighted by Crippen LogP contribution is 2.33. The maximum Gasteiger partial charge on any atom is 0.346 e. The summed E-state index contributed by atoms with van der Waals surface area (Å²) in [5.74, 6) is 0.677. The average molecular weight is 537 g/mol. The lowest BCUT2D eigenvalue weighted by atomic mass is 9.88. The zero-order valence-electron chi connectivity index (χ0n) is 24.6. The Morgan fingerprint density at radius 3 is 2.28 bits per heavy atom. The van der Waals surface area contributed by atoms with Gasteiger partial charge >= 0.3 is 5.97 Å². The maximum atomic E-state index is 13.0. The molecule has 2 aromatic rings. The molecule has 0 amide bonds. The molecule has 0 saturated carbocycles. The van der Waals surface area contributed by atoms with E-state index in [2.05, 4.69) is 69.1 Å². The molecule has 1 atom stereocenters. The second-order valence-corrected chi connectivity index (χ2v) is 11.4. The highest BCUT2D eigenvalue weighted by Gasteiger charge is 2.35. The highest BCUT2D eigenvalue weighted by molar-refractivity contribution is 6.22. The minimum absolute atomic E-state index is 0.0413. The van der Waals surface area contributed by atoms with E-state index in [-0.39, 0.29) is 29.4 Å². The van der Waals surface area contributed by atoms with Gasteiger partial charge in [-0.05, 0) is 48.4 Å². The number of carbonyl (C=O) groups excluding carboxylic acids is 2. The normalized spacial score (nSPS) is 15.6. The molecule has 1 unspecified atom stereocenters. The van der Waals surface area contributed by atoms with E-state index in [1.807, 2.05) is 12.1 Å². The standard InChI is InChI=1S/C32H44N2O5/c1-8-9-10-11-22(2)34(20-24-14-12-23(13-15-24)19-32(3,4)5)30(29-27(35)21-39-31(29)36)33-26-17-16-25(37-6)18-28(26)38-7/h12-18,22,33H,8-11,19-21H2,1-7H3/b30-29+. The summed E-state index contributed by atoms with van der Waals surface area (Å²) in [6.07, 6.45) is 5.18. The number of methoxy groups -OCH3 is 2. The molecule has 1 heterocycles. The Morgan fingerprint density at radius 1 is 1.03 bits per heavy atom. The first-order chi connectivity index (χ1) is 18.6. The van der Waals surface area contributed by atoms with Gasteiger partial charge in [0.15, 0.2) is 6.61 Å². The second kappa shape index (κ2) is 13.5. The molecule has 39 heavy (non-hydrogen) atoms. The largest absolute Gasteiger partial charge is 0.497 e. The van der Waals surface area contributed by atoms with Gasteiger partial charge in [-0.3, -0.25) is 4.79 Å². The molecule has 2 aromatic carbocycles. The van der Waals surface area contributed by atoms with Gasteiger partial charge in [-0.25, -0.2) is 4.79 Å². The van der Waals surface area contributed by atoms with E-state index in [0.29, 0.717) is 29.6 Å². The molecular formula is C32H44N2O5. The molecule has 3 rings (SSSR count). The third kappa shape index (κ3) is 8.25. The fourth-order valence-electron chi connectivity index (χ4n) is 4.80. The van der Waals surface area contributed by atoms with E-state index in [1.54, 1.807) is 20.3 Å². The fourth-order valence-corrected chi connectivity index (χ4v) is 4.80. The van der Waals surface area contributed by atoms with Crippen LogP contribution in [0.4, 0.5) is 5.69 Å². The van der Waals surface area contributed by atoms with Crippen LogP contribution in [-0.4, -0.2) is 43.5 Å². The second-order valence-electron chi connectivity index (χ2n) is 11.4. The van der Waals surface area contributed by atoms with Crippen LogP contribution in [0.25, 0.3) is 0 Å². The smallest absolute Gasteiger partial charge is 0.346 e. The first-order valence-corrected chi connectivity index (χ1v) is 13.8. The molecule has 1 saturated heterocycles. The van der Waals surface area contributed by atoms with Crippen molar-refractivity contribution in [2.75, 3.05) is 26.1 Å². The number of nitrogens with one attached hydrogen (secondary N) is 1. The van der Waals surface area contributed by atoms with E-state index in [1.165, 1.54) is 5.56 Å².